The van der Waals surface area contributed by atoms with Crippen molar-refractivity contribution in [3.63, 3.8) is 0 Å². The fourth-order valence-corrected chi connectivity index (χ4v) is 2.30. The van der Waals surface area contributed by atoms with Gasteiger partial charge in [0.1, 0.15) is 0 Å². The highest BCUT2D eigenvalue weighted by molar-refractivity contribution is 5.62. The van der Waals surface area contributed by atoms with Crippen molar-refractivity contribution in [1.29, 1.82) is 5.26 Å². The maximum atomic E-state index is 8.80. The average Bonchev–Trinajstić information content (AvgIpc) is 3.00. The Hall–Kier alpha value is -3.06. The minimum Gasteiger partial charge on any atom is -0.381 e. The molecule has 0 bridgehead atoms. The Balaban J connectivity index is 1.71. The lowest BCUT2D eigenvalue weighted by Gasteiger charge is -2.08. The van der Waals surface area contributed by atoms with Crippen LogP contribution in [0, 0.1) is 11.3 Å². The fraction of sp³-hybridized carbons (Fsp3) is 0.111. The van der Waals surface area contributed by atoms with Gasteiger partial charge in [-0.25, -0.2) is 0 Å². The van der Waals surface area contributed by atoms with E-state index in [4.69, 9.17) is 5.26 Å². The summed E-state index contributed by atoms with van der Waals surface area (Å²) in [5.41, 5.74) is 5.15. The van der Waals surface area contributed by atoms with E-state index in [1.54, 1.807) is 4.68 Å². The molecule has 108 valence electrons. The van der Waals surface area contributed by atoms with Crippen molar-refractivity contribution in [2.75, 3.05) is 5.32 Å². The van der Waals surface area contributed by atoms with Crippen molar-refractivity contribution >= 4 is 5.69 Å². The van der Waals surface area contributed by atoms with Crippen molar-refractivity contribution in [2.45, 2.75) is 6.54 Å². The van der Waals surface area contributed by atoms with Crippen LogP contribution in [-0.4, -0.2) is 9.78 Å². The van der Waals surface area contributed by atoms with E-state index in [1.165, 1.54) is 5.56 Å². The summed E-state index contributed by atoms with van der Waals surface area (Å²) in [6, 6.07) is 18.0. The van der Waals surface area contributed by atoms with Gasteiger partial charge in [-0.05, 0) is 41.5 Å². The molecular formula is C18H16N4. The summed E-state index contributed by atoms with van der Waals surface area (Å²) in [4.78, 5) is 0. The topological polar surface area (TPSA) is 53.6 Å². The minimum absolute atomic E-state index is 0.670. The van der Waals surface area contributed by atoms with Crippen molar-refractivity contribution in [3.8, 4) is 17.2 Å². The summed E-state index contributed by atoms with van der Waals surface area (Å²) in [5, 5.41) is 16.4. The monoisotopic (exact) mass is 288 g/mol. The molecule has 0 saturated carbocycles. The summed E-state index contributed by atoms with van der Waals surface area (Å²) >= 11 is 0. The van der Waals surface area contributed by atoms with Crippen LogP contribution < -0.4 is 5.32 Å². The van der Waals surface area contributed by atoms with Gasteiger partial charge in [-0.1, -0.05) is 18.2 Å². The molecule has 0 fully saturated rings. The van der Waals surface area contributed by atoms with E-state index in [9.17, 15) is 0 Å². The molecule has 0 atom stereocenters. The Labute approximate surface area is 129 Å². The van der Waals surface area contributed by atoms with Crippen molar-refractivity contribution in [1.82, 2.24) is 9.78 Å². The van der Waals surface area contributed by atoms with Crippen LogP contribution in [0.3, 0.4) is 0 Å². The summed E-state index contributed by atoms with van der Waals surface area (Å²) < 4.78 is 1.80. The number of benzene rings is 2. The third-order valence-electron chi connectivity index (χ3n) is 3.48. The van der Waals surface area contributed by atoms with Crippen LogP contribution in [0.5, 0.6) is 0 Å². The van der Waals surface area contributed by atoms with Crippen LogP contribution in [0.2, 0.25) is 0 Å². The molecule has 4 nitrogen and oxygen atoms in total. The zero-order chi connectivity index (χ0) is 15.4. The lowest BCUT2D eigenvalue weighted by Crippen LogP contribution is -1.99. The molecule has 2 aromatic carbocycles. The molecule has 0 saturated heterocycles. The number of hydrogen-bond donors (Lipinski definition) is 1. The molecule has 22 heavy (non-hydrogen) atoms. The number of nitrogens with one attached hydrogen (secondary N) is 1. The molecule has 4 heteroatoms. The smallest absolute Gasteiger partial charge is 0.0991 e. The maximum Gasteiger partial charge on any atom is 0.0991 e. The zero-order valence-corrected chi connectivity index (χ0v) is 12.3. The van der Waals surface area contributed by atoms with E-state index < -0.39 is 0 Å². The van der Waals surface area contributed by atoms with Gasteiger partial charge in [-0.3, -0.25) is 4.68 Å². The summed E-state index contributed by atoms with van der Waals surface area (Å²) in [6.45, 7) is 0.736. The van der Waals surface area contributed by atoms with Gasteiger partial charge in [0.15, 0.2) is 0 Å². The molecule has 1 heterocycles. The lowest BCUT2D eigenvalue weighted by molar-refractivity contribution is 0.768. The van der Waals surface area contributed by atoms with Crippen molar-refractivity contribution in [3.05, 3.63) is 72.1 Å². The number of anilines is 1. The number of nitrogens with zero attached hydrogens (tertiary/aromatic N) is 3. The highest BCUT2D eigenvalue weighted by Gasteiger charge is 2.02. The normalized spacial score (nSPS) is 10.2. The molecule has 1 aromatic heterocycles. The average molecular weight is 288 g/mol. The van der Waals surface area contributed by atoms with Crippen LogP contribution in [0.1, 0.15) is 11.1 Å². The summed E-state index contributed by atoms with van der Waals surface area (Å²) in [7, 11) is 1.92. The van der Waals surface area contributed by atoms with E-state index in [1.807, 2.05) is 43.7 Å². The van der Waals surface area contributed by atoms with E-state index in [0.717, 1.165) is 23.4 Å². The third kappa shape index (κ3) is 3.15. The summed E-state index contributed by atoms with van der Waals surface area (Å²) in [6.07, 6.45) is 3.88. The Morgan fingerprint density at radius 1 is 1.14 bits per heavy atom. The molecule has 0 spiro atoms. The van der Waals surface area contributed by atoms with E-state index in [-0.39, 0.29) is 0 Å². The minimum atomic E-state index is 0.670. The molecule has 0 aliphatic carbocycles. The first kappa shape index (κ1) is 13.9. The Kier molecular flexibility index (Phi) is 3.88. The third-order valence-corrected chi connectivity index (χ3v) is 3.48. The van der Waals surface area contributed by atoms with Gasteiger partial charge >= 0.3 is 0 Å². The number of aryl methyl sites for hydroxylation is 1. The number of hydrogen-bond acceptors (Lipinski definition) is 3. The van der Waals surface area contributed by atoms with Gasteiger partial charge in [0.25, 0.3) is 0 Å². The second-order valence-electron chi connectivity index (χ2n) is 5.15. The van der Waals surface area contributed by atoms with E-state index in [0.29, 0.717) is 5.56 Å². The zero-order valence-electron chi connectivity index (χ0n) is 12.3. The Morgan fingerprint density at radius 3 is 2.64 bits per heavy atom. The van der Waals surface area contributed by atoms with Crippen molar-refractivity contribution < 1.29 is 0 Å². The van der Waals surface area contributed by atoms with Gasteiger partial charge in [-0.2, -0.15) is 10.4 Å². The van der Waals surface area contributed by atoms with Crippen molar-refractivity contribution in [2.24, 2.45) is 7.05 Å². The van der Waals surface area contributed by atoms with Gasteiger partial charge in [0.2, 0.25) is 0 Å². The van der Waals surface area contributed by atoms with Gasteiger partial charge in [-0.15, -0.1) is 0 Å². The SMILES string of the molecule is Cn1cc(-c2cccc(CNc3ccc(C#N)cc3)c2)cn1. The van der Waals surface area contributed by atoms with E-state index in [2.05, 4.69) is 40.8 Å². The van der Waals surface area contributed by atoms with Crippen LogP contribution in [0.15, 0.2) is 60.9 Å². The maximum absolute atomic E-state index is 8.80. The molecular weight excluding hydrogens is 272 g/mol. The number of aromatic nitrogens is 2. The van der Waals surface area contributed by atoms with Gasteiger partial charge in [0.05, 0.1) is 17.8 Å². The van der Waals surface area contributed by atoms with Crippen LogP contribution in [-0.2, 0) is 13.6 Å². The van der Waals surface area contributed by atoms with Crippen LogP contribution >= 0.6 is 0 Å². The largest absolute Gasteiger partial charge is 0.381 e. The first-order valence-electron chi connectivity index (χ1n) is 7.06. The molecule has 1 N–H and O–H groups in total. The standard InChI is InChI=1S/C18H16N4/c1-22-13-17(12-21-22)16-4-2-3-15(9-16)11-20-18-7-5-14(10-19)6-8-18/h2-9,12-13,20H,11H2,1H3. The molecule has 0 aliphatic heterocycles. The molecule has 0 amide bonds. The van der Waals surface area contributed by atoms with E-state index >= 15 is 0 Å². The molecule has 0 radical (unpaired) electrons. The first-order valence-corrected chi connectivity index (χ1v) is 7.06. The van der Waals surface area contributed by atoms with Crippen LogP contribution in [0.4, 0.5) is 5.69 Å². The molecule has 3 rings (SSSR count). The number of nitriles is 1. The fourth-order valence-electron chi connectivity index (χ4n) is 2.30. The molecule has 3 aromatic rings. The number of rotatable bonds is 4. The highest BCUT2D eigenvalue weighted by atomic mass is 15.2. The lowest BCUT2D eigenvalue weighted by atomic mass is 10.1. The first-order chi connectivity index (χ1) is 10.7. The predicted octanol–water partition coefficient (Wildman–Crippen LogP) is 3.57. The highest BCUT2D eigenvalue weighted by Crippen LogP contribution is 2.20. The summed E-state index contributed by atoms with van der Waals surface area (Å²) in [5.74, 6) is 0. The Morgan fingerprint density at radius 2 is 1.95 bits per heavy atom. The van der Waals surface area contributed by atoms with Gasteiger partial charge in [0, 0.05) is 31.0 Å². The predicted molar refractivity (Wildman–Crippen MR) is 87.1 cm³/mol. The second kappa shape index (κ2) is 6.15. The van der Waals surface area contributed by atoms with Gasteiger partial charge < -0.3 is 5.32 Å². The quantitative estimate of drug-likeness (QED) is 0.798. The van der Waals surface area contributed by atoms with Crippen LogP contribution in [0.25, 0.3) is 11.1 Å². The second-order valence-corrected chi connectivity index (χ2v) is 5.15. The molecule has 0 aliphatic rings. The Bertz CT molecular complexity index is 810. The molecule has 0 unspecified atom stereocenters.